The molecule has 0 aromatic heterocycles. The van der Waals surface area contributed by atoms with Crippen molar-refractivity contribution in [3.63, 3.8) is 0 Å². The first-order chi connectivity index (χ1) is 16.3. The van der Waals surface area contributed by atoms with Crippen molar-refractivity contribution in [3.05, 3.63) is 89.5 Å². The molecule has 0 saturated carbocycles. The fraction of sp³-hybridized carbons (Fsp3) is 0.259. The van der Waals surface area contributed by atoms with E-state index in [9.17, 15) is 14.7 Å². The van der Waals surface area contributed by atoms with Crippen LogP contribution in [0.4, 0.5) is 10.5 Å². The molecule has 0 heterocycles. The molecule has 7 heteroatoms. The standard InChI is InChI=1S/C27H29N3O4/c1-17(2)15-25(31)29-27(33,18-11-13-19(28)14-12-18)30-26(32)34-16-24-22-9-5-3-7-20(22)21-8-4-6-10-23(21)24/h3-14,17,24,33H,15-16,28H2,1-2H3,(H,29,31)(H,30,32). The number of amides is 2. The van der Waals surface area contributed by atoms with Crippen LogP contribution in [0.25, 0.3) is 11.1 Å². The summed E-state index contributed by atoms with van der Waals surface area (Å²) in [5, 5.41) is 16.2. The van der Waals surface area contributed by atoms with E-state index in [-0.39, 0.29) is 30.4 Å². The molecule has 1 unspecified atom stereocenters. The van der Waals surface area contributed by atoms with E-state index in [4.69, 9.17) is 10.5 Å². The molecule has 2 amide bonds. The fourth-order valence-electron chi connectivity index (χ4n) is 4.31. The summed E-state index contributed by atoms with van der Waals surface area (Å²) in [7, 11) is 0. The highest BCUT2D eigenvalue weighted by Crippen LogP contribution is 2.44. The van der Waals surface area contributed by atoms with E-state index in [1.54, 1.807) is 12.1 Å². The maximum Gasteiger partial charge on any atom is 0.411 e. The molecule has 176 valence electrons. The predicted molar refractivity (Wildman–Crippen MR) is 131 cm³/mol. The summed E-state index contributed by atoms with van der Waals surface area (Å²) in [6.45, 7) is 3.86. The lowest BCUT2D eigenvalue weighted by Crippen LogP contribution is -2.58. The number of hydrogen-bond acceptors (Lipinski definition) is 5. The van der Waals surface area contributed by atoms with Crippen molar-refractivity contribution in [1.82, 2.24) is 10.6 Å². The average molecular weight is 460 g/mol. The van der Waals surface area contributed by atoms with Crippen LogP contribution in [0.3, 0.4) is 0 Å². The van der Waals surface area contributed by atoms with Gasteiger partial charge in [0.15, 0.2) is 0 Å². The summed E-state index contributed by atoms with van der Waals surface area (Å²) < 4.78 is 5.56. The van der Waals surface area contributed by atoms with Gasteiger partial charge in [-0.25, -0.2) is 4.79 Å². The van der Waals surface area contributed by atoms with Crippen molar-refractivity contribution in [2.75, 3.05) is 12.3 Å². The van der Waals surface area contributed by atoms with Crippen molar-refractivity contribution >= 4 is 17.7 Å². The summed E-state index contributed by atoms with van der Waals surface area (Å²) in [6, 6.07) is 22.3. The number of rotatable bonds is 7. The number of hydrogen-bond donors (Lipinski definition) is 4. The second-order valence-electron chi connectivity index (χ2n) is 8.93. The molecule has 1 atom stereocenters. The van der Waals surface area contributed by atoms with Crippen LogP contribution in [0.15, 0.2) is 72.8 Å². The van der Waals surface area contributed by atoms with E-state index in [1.165, 1.54) is 12.1 Å². The van der Waals surface area contributed by atoms with Crippen molar-refractivity contribution in [2.24, 2.45) is 5.92 Å². The Bertz CT molecular complexity index is 1150. The highest BCUT2D eigenvalue weighted by Gasteiger charge is 2.35. The largest absolute Gasteiger partial charge is 0.448 e. The molecule has 3 aromatic rings. The summed E-state index contributed by atoms with van der Waals surface area (Å²) in [4.78, 5) is 25.3. The quantitative estimate of drug-likeness (QED) is 0.314. The van der Waals surface area contributed by atoms with E-state index >= 15 is 0 Å². The monoisotopic (exact) mass is 459 g/mol. The van der Waals surface area contributed by atoms with Gasteiger partial charge in [-0.15, -0.1) is 0 Å². The van der Waals surface area contributed by atoms with Gasteiger partial charge in [-0.3, -0.25) is 10.1 Å². The van der Waals surface area contributed by atoms with Gasteiger partial charge in [0.1, 0.15) is 6.61 Å². The molecule has 4 rings (SSSR count). The number of carbonyl (C=O) groups excluding carboxylic acids is 2. The maximum absolute atomic E-state index is 12.8. The van der Waals surface area contributed by atoms with Gasteiger partial charge in [0.25, 0.3) is 0 Å². The number of nitrogen functional groups attached to an aromatic ring is 1. The number of benzene rings is 3. The van der Waals surface area contributed by atoms with Crippen molar-refractivity contribution in [3.8, 4) is 11.1 Å². The van der Waals surface area contributed by atoms with Gasteiger partial charge in [0.05, 0.1) is 0 Å². The van der Waals surface area contributed by atoms with Crippen LogP contribution in [0.1, 0.15) is 42.9 Å². The van der Waals surface area contributed by atoms with Gasteiger partial charge in [0, 0.05) is 23.6 Å². The number of nitrogens with one attached hydrogen (secondary N) is 2. The summed E-state index contributed by atoms with van der Waals surface area (Å²) >= 11 is 0. The Morgan fingerprint density at radius 1 is 0.941 bits per heavy atom. The van der Waals surface area contributed by atoms with Crippen LogP contribution >= 0.6 is 0 Å². The fourth-order valence-corrected chi connectivity index (χ4v) is 4.31. The van der Waals surface area contributed by atoms with Gasteiger partial charge in [-0.1, -0.05) is 74.5 Å². The summed E-state index contributed by atoms with van der Waals surface area (Å²) in [6.07, 6.45) is -0.671. The number of aliphatic hydroxyl groups is 1. The Labute approximate surface area is 198 Å². The lowest BCUT2D eigenvalue weighted by molar-refractivity contribution is -0.132. The minimum Gasteiger partial charge on any atom is -0.448 e. The second kappa shape index (κ2) is 9.57. The Morgan fingerprint density at radius 2 is 1.50 bits per heavy atom. The summed E-state index contributed by atoms with van der Waals surface area (Å²) in [5.41, 5.74) is 10.9. The lowest BCUT2D eigenvalue weighted by atomic mass is 9.98. The zero-order chi connectivity index (χ0) is 24.3. The van der Waals surface area contributed by atoms with Crippen molar-refractivity contribution < 1.29 is 19.4 Å². The number of anilines is 1. The predicted octanol–water partition coefficient (Wildman–Crippen LogP) is 4.07. The van der Waals surface area contributed by atoms with Gasteiger partial charge < -0.3 is 20.9 Å². The van der Waals surface area contributed by atoms with Gasteiger partial charge in [-0.2, -0.15) is 0 Å². The molecule has 0 bridgehead atoms. The van der Waals surface area contributed by atoms with Crippen LogP contribution in [0, 0.1) is 5.92 Å². The number of alkyl carbamates (subject to hydrolysis) is 1. The molecule has 34 heavy (non-hydrogen) atoms. The van der Waals surface area contributed by atoms with Crippen LogP contribution in [-0.2, 0) is 15.4 Å². The Balaban J connectivity index is 1.51. The Kier molecular flexibility index (Phi) is 6.56. The van der Waals surface area contributed by atoms with Crippen LogP contribution < -0.4 is 16.4 Å². The smallest absolute Gasteiger partial charge is 0.411 e. The highest BCUT2D eigenvalue weighted by molar-refractivity contribution is 5.80. The molecule has 1 aliphatic rings. The molecule has 0 aliphatic heterocycles. The molecule has 7 nitrogen and oxygen atoms in total. The van der Waals surface area contributed by atoms with Gasteiger partial charge in [0.2, 0.25) is 11.8 Å². The first-order valence-corrected chi connectivity index (χ1v) is 11.3. The van der Waals surface area contributed by atoms with E-state index < -0.39 is 17.8 Å². The molecule has 0 saturated heterocycles. The van der Waals surface area contributed by atoms with E-state index in [2.05, 4.69) is 22.8 Å². The van der Waals surface area contributed by atoms with Crippen molar-refractivity contribution in [1.29, 1.82) is 0 Å². The van der Waals surface area contributed by atoms with Crippen LogP contribution in [-0.4, -0.2) is 23.7 Å². The molecule has 1 aliphatic carbocycles. The topological polar surface area (TPSA) is 114 Å². The number of carbonyl (C=O) groups is 2. The Hall–Kier alpha value is -3.84. The second-order valence-corrected chi connectivity index (χ2v) is 8.93. The number of ether oxygens (including phenoxy) is 1. The molecule has 3 aromatic carbocycles. The average Bonchev–Trinajstić information content (AvgIpc) is 3.11. The SMILES string of the molecule is CC(C)CC(=O)NC(O)(NC(=O)OCC1c2ccccc2-c2ccccc21)c1ccc(N)cc1. The lowest BCUT2D eigenvalue weighted by Gasteiger charge is -2.30. The van der Waals surface area contributed by atoms with E-state index in [0.717, 1.165) is 22.3 Å². The normalized spacial score (nSPS) is 14.1. The third-order valence-corrected chi connectivity index (χ3v) is 5.87. The first-order valence-electron chi connectivity index (χ1n) is 11.3. The minimum atomic E-state index is -2.15. The van der Waals surface area contributed by atoms with Gasteiger partial charge >= 0.3 is 6.09 Å². The third-order valence-electron chi connectivity index (χ3n) is 5.87. The van der Waals surface area contributed by atoms with Gasteiger partial charge in [-0.05, 0) is 40.3 Å². The molecule has 0 fully saturated rings. The molecule has 0 spiro atoms. The molecule has 0 radical (unpaired) electrons. The summed E-state index contributed by atoms with van der Waals surface area (Å²) in [5.74, 6) is -2.61. The van der Waals surface area contributed by atoms with Crippen LogP contribution in [0.5, 0.6) is 0 Å². The molecule has 5 N–H and O–H groups in total. The van der Waals surface area contributed by atoms with Crippen molar-refractivity contribution in [2.45, 2.75) is 32.0 Å². The Morgan fingerprint density at radius 3 is 2.06 bits per heavy atom. The zero-order valence-corrected chi connectivity index (χ0v) is 19.2. The van der Waals surface area contributed by atoms with E-state index in [0.29, 0.717) is 5.69 Å². The molecular weight excluding hydrogens is 430 g/mol. The highest BCUT2D eigenvalue weighted by atomic mass is 16.6. The first kappa shape index (κ1) is 23.3. The van der Waals surface area contributed by atoms with Crippen LogP contribution in [0.2, 0.25) is 0 Å². The third kappa shape index (κ3) is 4.89. The number of nitrogens with two attached hydrogens (primary N) is 1. The number of fused-ring (bicyclic) bond motifs is 3. The molecular formula is C27H29N3O4. The maximum atomic E-state index is 12.8. The van der Waals surface area contributed by atoms with E-state index in [1.807, 2.05) is 50.2 Å². The zero-order valence-electron chi connectivity index (χ0n) is 19.2. The minimum absolute atomic E-state index is 0.0742.